The number of hydrogen-bond donors (Lipinski definition) is 1. The molecule has 0 aliphatic heterocycles. The second-order valence-corrected chi connectivity index (χ2v) is 5.07. The van der Waals surface area contributed by atoms with Crippen LogP contribution < -0.4 is 14.8 Å². The van der Waals surface area contributed by atoms with Gasteiger partial charge in [-0.2, -0.15) is 0 Å². The number of nitrogens with one attached hydrogen (secondary N) is 1. The minimum absolute atomic E-state index is 0.0377. The summed E-state index contributed by atoms with van der Waals surface area (Å²) in [5.41, 5.74) is 0.359. The predicted octanol–water partition coefficient (Wildman–Crippen LogP) is 3.71. The van der Waals surface area contributed by atoms with Crippen LogP contribution in [0.25, 0.3) is 0 Å². The molecule has 1 N–H and O–H groups in total. The Bertz CT molecular complexity index is 680. The van der Waals surface area contributed by atoms with Crippen molar-refractivity contribution >= 4 is 46.4 Å². The number of rotatable bonds is 4. The lowest BCUT2D eigenvalue weighted by Crippen LogP contribution is -2.14. The quantitative estimate of drug-likeness (QED) is 0.839. The van der Waals surface area contributed by atoms with Gasteiger partial charge in [0, 0.05) is 18.5 Å². The zero-order valence-electron chi connectivity index (χ0n) is 11.5. The molecule has 0 fully saturated rings. The molecule has 0 saturated carbocycles. The van der Waals surface area contributed by atoms with Crippen LogP contribution in [0.2, 0.25) is 15.3 Å². The summed E-state index contributed by atoms with van der Waals surface area (Å²) in [6, 6.07) is 1.52. The van der Waals surface area contributed by atoms with E-state index in [-0.39, 0.29) is 26.6 Å². The number of carbonyl (C=O) groups excluding carboxylic acids is 1. The van der Waals surface area contributed by atoms with Crippen LogP contribution in [0.1, 0.15) is 10.4 Å². The first kappa shape index (κ1) is 16.6. The van der Waals surface area contributed by atoms with Crippen LogP contribution in [-0.4, -0.2) is 30.1 Å². The molecule has 6 nitrogen and oxygen atoms in total. The SMILES string of the molecule is COc1cc(OC)c(Cl)c(NC(=O)c2cnc(Cl)nc2)c1Cl. The molecule has 1 aromatic heterocycles. The normalized spacial score (nSPS) is 10.2. The van der Waals surface area contributed by atoms with E-state index in [9.17, 15) is 4.79 Å². The molecule has 0 aliphatic carbocycles. The molecule has 0 aliphatic rings. The van der Waals surface area contributed by atoms with Gasteiger partial charge in [0.1, 0.15) is 21.5 Å². The lowest BCUT2D eigenvalue weighted by molar-refractivity contribution is 0.102. The fraction of sp³-hybridized carbons (Fsp3) is 0.154. The molecule has 0 atom stereocenters. The Kier molecular flexibility index (Phi) is 5.28. The van der Waals surface area contributed by atoms with Crippen molar-refractivity contribution in [3.05, 3.63) is 39.4 Å². The molecular weight excluding hydrogens is 353 g/mol. The van der Waals surface area contributed by atoms with Crippen LogP contribution in [0.15, 0.2) is 18.5 Å². The van der Waals surface area contributed by atoms with E-state index in [1.54, 1.807) is 0 Å². The average Bonchev–Trinajstić information content (AvgIpc) is 2.52. The van der Waals surface area contributed by atoms with Gasteiger partial charge < -0.3 is 14.8 Å². The Hall–Kier alpha value is -1.76. The van der Waals surface area contributed by atoms with E-state index in [0.717, 1.165) is 0 Å². The Morgan fingerprint density at radius 1 is 1.05 bits per heavy atom. The fourth-order valence-electron chi connectivity index (χ4n) is 1.61. The maximum absolute atomic E-state index is 12.2. The van der Waals surface area contributed by atoms with Crippen LogP contribution in [-0.2, 0) is 0 Å². The van der Waals surface area contributed by atoms with Gasteiger partial charge in [0.15, 0.2) is 0 Å². The van der Waals surface area contributed by atoms with E-state index < -0.39 is 5.91 Å². The number of benzene rings is 1. The van der Waals surface area contributed by atoms with Crippen molar-refractivity contribution in [3.63, 3.8) is 0 Å². The van der Waals surface area contributed by atoms with Gasteiger partial charge in [-0.05, 0) is 11.6 Å². The van der Waals surface area contributed by atoms with Gasteiger partial charge in [-0.15, -0.1) is 0 Å². The summed E-state index contributed by atoms with van der Waals surface area (Å²) in [4.78, 5) is 19.7. The molecule has 0 bridgehead atoms. The summed E-state index contributed by atoms with van der Waals surface area (Å²) in [5.74, 6) is 0.118. The Labute approximate surface area is 141 Å². The lowest BCUT2D eigenvalue weighted by atomic mass is 10.2. The minimum Gasteiger partial charge on any atom is -0.495 e. The van der Waals surface area contributed by atoms with Crippen LogP contribution in [0.4, 0.5) is 5.69 Å². The maximum atomic E-state index is 12.2. The number of halogens is 3. The molecule has 0 radical (unpaired) electrons. The zero-order valence-corrected chi connectivity index (χ0v) is 13.8. The number of amides is 1. The highest BCUT2D eigenvalue weighted by molar-refractivity contribution is 6.41. The van der Waals surface area contributed by atoms with Crippen molar-refractivity contribution in [2.24, 2.45) is 0 Å². The van der Waals surface area contributed by atoms with E-state index in [2.05, 4.69) is 15.3 Å². The topological polar surface area (TPSA) is 73.3 Å². The summed E-state index contributed by atoms with van der Waals surface area (Å²) in [7, 11) is 2.88. The van der Waals surface area contributed by atoms with Gasteiger partial charge >= 0.3 is 0 Å². The third kappa shape index (κ3) is 3.35. The Balaban J connectivity index is 2.40. The highest BCUT2D eigenvalue weighted by atomic mass is 35.5. The van der Waals surface area contributed by atoms with E-state index in [0.29, 0.717) is 11.5 Å². The molecule has 2 rings (SSSR count). The number of hydrogen-bond acceptors (Lipinski definition) is 5. The van der Waals surface area contributed by atoms with Gasteiger partial charge in [0.05, 0.1) is 25.5 Å². The van der Waals surface area contributed by atoms with Crippen molar-refractivity contribution < 1.29 is 14.3 Å². The second-order valence-electron chi connectivity index (χ2n) is 3.98. The number of methoxy groups -OCH3 is 2. The highest BCUT2D eigenvalue weighted by Crippen LogP contribution is 2.44. The van der Waals surface area contributed by atoms with E-state index in [1.807, 2.05) is 0 Å². The predicted molar refractivity (Wildman–Crippen MR) is 84.6 cm³/mol. The Morgan fingerprint density at radius 3 is 2.00 bits per heavy atom. The van der Waals surface area contributed by atoms with E-state index in [1.165, 1.54) is 32.7 Å². The summed E-state index contributed by atoms with van der Waals surface area (Å²) in [6.45, 7) is 0. The largest absolute Gasteiger partial charge is 0.495 e. The van der Waals surface area contributed by atoms with Gasteiger partial charge in [-0.3, -0.25) is 4.79 Å². The third-order valence-corrected chi connectivity index (χ3v) is 3.64. The number of anilines is 1. The van der Waals surface area contributed by atoms with Crippen molar-refractivity contribution in [1.29, 1.82) is 0 Å². The van der Waals surface area contributed by atoms with Gasteiger partial charge in [0.2, 0.25) is 5.28 Å². The molecule has 22 heavy (non-hydrogen) atoms. The first-order chi connectivity index (χ1) is 10.5. The first-order valence-corrected chi connectivity index (χ1v) is 7.00. The smallest absolute Gasteiger partial charge is 0.258 e. The molecular formula is C13H10Cl3N3O3. The molecule has 1 heterocycles. The summed E-state index contributed by atoms with van der Waals surface area (Å²) in [6.07, 6.45) is 2.56. The molecule has 1 amide bonds. The molecule has 1 aromatic carbocycles. The van der Waals surface area contributed by atoms with Gasteiger partial charge in [0.25, 0.3) is 5.91 Å². The minimum atomic E-state index is -0.504. The van der Waals surface area contributed by atoms with Gasteiger partial charge in [-0.25, -0.2) is 9.97 Å². The Morgan fingerprint density at radius 2 is 1.55 bits per heavy atom. The molecule has 0 spiro atoms. The van der Waals surface area contributed by atoms with Crippen LogP contribution in [0, 0.1) is 0 Å². The van der Waals surface area contributed by atoms with Crippen LogP contribution in [0.5, 0.6) is 11.5 Å². The number of aromatic nitrogens is 2. The second kappa shape index (κ2) is 7.00. The molecule has 0 unspecified atom stereocenters. The van der Waals surface area contributed by atoms with Crippen molar-refractivity contribution in [2.45, 2.75) is 0 Å². The number of carbonyl (C=O) groups is 1. The highest BCUT2D eigenvalue weighted by Gasteiger charge is 2.20. The van der Waals surface area contributed by atoms with Crippen molar-refractivity contribution in [3.8, 4) is 11.5 Å². The maximum Gasteiger partial charge on any atom is 0.258 e. The fourth-order valence-corrected chi connectivity index (χ4v) is 2.30. The standard InChI is InChI=1S/C13H10Cl3N3O3/c1-21-7-3-8(22-2)10(15)11(9(7)14)19-12(20)6-4-17-13(16)18-5-6/h3-5H,1-2H3,(H,19,20). The molecule has 9 heteroatoms. The van der Waals surface area contributed by atoms with Crippen LogP contribution in [0.3, 0.4) is 0 Å². The average molecular weight is 363 g/mol. The number of ether oxygens (including phenoxy) is 2. The van der Waals surface area contributed by atoms with Crippen molar-refractivity contribution in [1.82, 2.24) is 9.97 Å². The van der Waals surface area contributed by atoms with E-state index in [4.69, 9.17) is 44.3 Å². The number of nitrogens with zero attached hydrogens (tertiary/aromatic N) is 2. The van der Waals surface area contributed by atoms with E-state index >= 15 is 0 Å². The molecule has 0 saturated heterocycles. The zero-order chi connectivity index (χ0) is 16.3. The third-order valence-electron chi connectivity index (χ3n) is 2.69. The molecule has 116 valence electrons. The van der Waals surface area contributed by atoms with Gasteiger partial charge in [-0.1, -0.05) is 23.2 Å². The summed E-state index contributed by atoms with van der Waals surface area (Å²) >= 11 is 17.9. The molecule has 2 aromatic rings. The summed E-state index contributed by atoms with van der Waals surface area (Å²) in [5, 5.41) is 2.91. The van der Waals surface area contributed by atoms with Crippen molar-refractivity contribution in [2.75, 3.05) is 19.5 Å². The monoisotopic (exact) mass is 361 g/mol. The first-order valence-electron chi connectivity index (χ1n) is 5.86. The summed E-state index contributed by atoms with van der Waals surface area (Å²) < 4.78 is 10.2. The van der Waals surface area contributed by atoms with Crippen LogP contribution >= 0.6 is 34.8 Å². The lowest BCUT2D eigenvalue weighted by Gasteiger charge is -2.15.